The molecule has 27 heavy (non-hydrogen) atoms. The summed E-state index contributed by atoms with van der Waals surface area (Å²) in [4.78, 5) is 0. The fourth-order valence-electron chi connectivity index (χ4n) is 4.74. The average Bonchev–Trinajstić information content (AvgIpc) is 2.71. The molecule has 3 aromatic rings. The van der Waals surface area contributed by atoms with Gasteiger partial charge in [0.15, 0.2) is 0 Å². The molecule has 0 aromatic heterocycles. The molecule has 0 saturated carbocycles. The number of benzene rings is 3. The van der Waals surface area contributed by atoms with Crippen LogP contribution in [0.25, 0.3) is 0 Å². The molecule has 3 rings (SSSR count). The predicted octanol–water partition coefficient (Wildman–Crippen LogP) is 6.07. The Bertz CT molecular complexity index is 710. The summed E-state index contributed by atoms with van der Waals surface area (Å²) in [5.41, 5.74) is 0. The Morgan fingerprint density at radius 1 is 0.593 bits per heavy atom. The molecule has 0 aliphatic carbocycles. The normalized spacial score (nSPS) is 12.7. The van der Waals surface area contributed by atoms with Crippen LogP contribution in [0.15, 0.2) is 91.0 Å². The molecule has 0 fully saturated rings. The third-order valence-electron chi connectivity index (χ3n) is 6.04. The maximum absolute atomic E-state index is 2.52. The van der Waals surface area contributed by atoms with E-state index in [9.17, 15) is 0 Å². The number of hydrogen-bond donors (Lipinski definition) is 0. The Morgan fingerprint density at radius 3 is 1.30 bits per heavy atom. The summed E-state index contributed by atoms with van der Waals surface area (Å²) in [7, 11) is -2.20. The molecule has 3 aromatic carbocycles. The van der Waals surface area contributed by atoms with E-state index in [0.29, 0.717) is 0 Å². The van der Waals surface area contributed by atoms with Crippen molar-refractivity contribution in [1.29, 1.82) is 0 Å². The zero-order chi connectivity index (χ0) is 19.2. The van der Waals surface area contributed by atoms with Crippen LogP contribution in [0.5, 0.6) is 0 Å². The molecule has 0 saturated heterocycles. The number of hydrogen-bond acceptors (Lipinski definition) is 0. The SMILES string of the molecule is CCCCCC(C)(C)[PH](c1ccccc1)(c1ccccc1)c1ccccc1. The van der Waals surface area contributed by atoms with Crippen molar-refractivity contribution in [2.24, 2.45) is 0 Å². The van der Waals surface area contributed by atoms with Crippen LogP contribution < -0.4 is 15.9 Å². The van der Waals surface area contributed by atoms with E-state index in [1.807, 2.05) is 0 Å². The Morgan fingerprint density at radius 2 is 0.963 bits per heavy atom. The second-order valence-corrected chi connectivity index (χ2v) is 12.8. The van der Waals surface area contributed by atoms with Crippen molar-refractivity contribution in [2.45, 2.75) is 51.6 Å². The Balaban J connectivity index is 2.29. The van der Waals surface area contributed by atoms with E-state index in [-0.39, 0.29) is 5.16 Å². The Kier molecular flexibility index (Phi) is 6.51. The van der Waals surface area contributed by atoms with Crippen molar-refractivity contribution in [1.82, 2.24) is 0 Å². The molecule has 0 aliphatic heterocycles. The molecule has 0 radical (unpaired) electrons. The summed E-state index contributed by atoms with van der Waals surface area (Å²) in [5, 5.41) is 4.77. The topological polar surface area (TPSA) is 0 Å². The molecule has 0 N–H and O–H groups in total. The van der Waals surface area contributed by atoms with Gasteiger partial charge in [0.1, 0.15) is 0 Å². The fourth-order valence-corrected chi connectivity index (χ4v) is 10.7. The van der Waals surface area contributed by atoms with E-state index in [2.05, 4.69) is 112 Å². The first-order valence-electron chi connectivity index (χ1n) is 10.3. The van der Waals surface area contributed by atoms with E-state index < -0.39 is 7.26 Å². The fraction of sp³-hybridized carbons (Fsp3) is 0.308. The van der Waals surface area contributed by atoms with Gasteiger partial charge in [-0.25, -0.2) is 0 Å². The first-order chi connectivity index (χ1) is 13.1. The van der Waals surface area contributed by atoms with Crippen LogP contribution in [0.3, 0.4) is 0 Å². The molecule has 0 bridgehead atoms. The van der Waals surface area contributed by atoms with Crippen LogP contribution in [-0.2, 0) is 0 Å². The molecule has 0 spiro atoms. The van der Waals surface area contributed by atoms with Gasteiger partial charge in [-0.3, -0.25) is 0 Å². The van der Waals surface area contributed by atoms with Crippen molar-refractivity contribution in [3.05, 3.63) is 91.0 Å². The molecule has 0 amide bonds. The van der Waals surface area contributed by atoms with Crippen molar-refractivity contribution in [3.63, 3.8) is 0 Å². The summed E-state index contributed by atoms with van der Waals surface area (Å²) in [6.07, 6.45) is 5.13. The minimum absolute atomic E-state index is 0.215. The molecule has 0 unspecified atom stereocenters. The van der Waals surface area contributed by atoms with E-state index in [1.165, 1.54) is 41.6 Å². The van der Waals surface area contributed by atoms with Crippen LogP contribution in [0.4, 0.5) is 0 Å². The number of rotatable bonds is 8. The van der Waals surface area contributed by atoms with Crippen LogP contribution in [0, 0.1) is 0 Å². The maximum atomic E-state index is 2.52. The molecular weight excluding hydrogens is 343 g/mol. The van der Waals surface area contributed by atoms with E-state index in [4.69, 9.17) is 0 Å². The first-order valence-corrected chi connectivity index (χ1v) is 12.3. The van der Waals surface area contributed by atoms with Crippen LogP contribution in [-0.4, -0.2) is 5.16 Å². The molecule has 0 aliphatic rings. The van der Waals surface area contributed by atoms with Gasteiger partial charge in [-0.15, -0.1) is 0 Å². The van der Waals surface area contributed by atoms with Gasteiger partial charge in [0.25, 0.3) is 0 Å². The molecular formula is C26H33P. The standard InChI is InChI=1S/C26H33P/c1-4-5-15-22-26(2,3)27(23-16-9-6-10-17-23,24-18-11-7-12-19-24)25-20-13-8-14-21-25/h6-14,16-21,27H,4-5,15,22H2,1-3H3. The molecule has 0 atom stereocenters. The Hall–Kier alpha value is -1.91. The van der Waals surface area contributed by atoms with Crippen molar-refractivity contribution < 1.29 is 0 Å². The van der Waals surface area contributed by atoms with Crippen LogP contribution in [0.2, 0.25) is 0 Å². The molecule has 142 valence electrons. The Labute approximate surface area is 166 Å². The molecule has 0 nitrogen and oxygen atoms in total. The third-order valence-corrected chi connectivity index (χ3v) is 11.9. The van der Waals surface area contributed by atoms with E-state index in [1.54, 1.807) is 0 Å². The van der Waals surface area contributed by atoms with Gasteiger partial charge in [-0.2, -0.15) is 0 Å². The van der Waals surface area contributed by atoms with Gasteiger partial charge in [-0.05, 0) is 0 Å². The zero-order valence-electron chi connectivity index (χ0n) is 17.0. The van der Waals surface area contributed by atoms with Crippen molar-refractivity contribution >= 4 is 23.2 Å². The first kappa shape index (κ1) is 19.8. The van der Waals surface area contributed by atoms with Gasteiger partial charge < -0.3 is 0 Å². The summed E-state index contributed by atoms with van der Waals surface area (Å²) in [6.45, 7) is 7.33. The quantitative estimate of drug-likeness (QED) is 0.330. The zero-order valence-corrected chi connectivity index (χ0v) is 18.0. The van der Waals surface area contributed by atoms with Crippen molar-refractivity contribution in [3.8, 4) is 0 Å². The van der Waals surface area contributed by atoms with Gasteiger partial charge in [0.2, 0.25) is 0 Å². The monoisotopic (exact) mass is 376 g/mol. The summed E-state index contributed by atoms with van der Waals surface area (Å²) >= 11 is 0. The second kappa shape index (κ2) is 8.85. The van der Waals surface area contributed by atoms with Gasteiger partial charge >= 0.3 is 166 Å². The minimum atomic E-state index is -2.20. The molecule has 0 heterocycles. The van der Waals surface area contributed by atoms with Crippen molar-refractivity contribution in [2.75, 3.05) is 0 Å². The van der Waals surface area contributed by atoms with Crippen LogP contribution >= 0.6 is 7.26 Å². The van der Waals surface area contributed by atoms with E-state index >= 15 is 0 Å². The predicted molar refractivity (Wildman–Crippen MR) is 125 cm³/mol. The second-order valence-electron chi connectivity index (χ2n) is 8.19. The van der Waals surface area contributed by atoms with Gasteiger partial charge in [0, 0.05) is 0 Å². The summed E-state index contributed by atoms with van der Waals surface area (Å²) < 4.78 is 0. The van der Waals surface area contributed by atoms with E-state index in [0.717, 1.165) is 0 Å². The number of unbranched alkanes of at least 4 members (excludes halogenated alkanes) is 2. The third kappa shape index (κ3) is 3.87. The average molecular weight is 377 g/mol. The molecule has 1 heteroatoms. The summed E-state index contributed by atoms with van der Waals surface area (Å²) in [6, 6.07) is 33.9. The summed E-state index contributed by atoms with van der Waals surface area (Å²) in [5.74, 6) is 0. The van der Waals surface area contributed by atoms with Crippen LogP contribution in [0.1, 0.15) is 46.5 Å². The van der Waals surface area contributed by atoms with Gasteiger partial charge in [-0.1, -0.05) is 0 Å². The van der Waals surface area contributed by atoms with Gasteiger partial charge in [0.05, 0.1) is 0 Å².